The van der Waals surface area contributed by atoms with E-state index in [9.17, 15) is 4.79 Å². The van der Waals surface area contributed by atoms with Crippen molar-refractivity contribution in [3.8, 4) is 0 Å². The van der Waals surface area contributed by atoms with E-state index in [4.69, 9.17) is 0 Å². The number of aromatic nitrogens is 3. The van der Waals surface area contributed by atoms with E-state index in [0.29, 0.717) is 0 Å². The average molecular weight is 139 g/mol. The first-order chi connectivity index (χ1) is 4.83. The Morgan fingerprint density at radius 2 is 2.50 bits per heavy atom. The Labute approximate surface area is 58.3 Å². The zero-order chi connectivity index (χ0) is 7.40. The summed E-state index contributed by atoms with van der Waals surface area (Å²) >= 11 is 0. The average Bonchev–Trinajstić information content (AvgIpc) is 1.88. The molecule has 0 amide bonds. The molecule has 1 aromatic rings. The highest BCUT2D eigenvalue weighted by atomic mass is 16.1. The number of aryl methyl sites for hydroxylation is 1. The molecule has 0 aliphatic heterocycles. The topological polar surface area (TPSA) is 58.6 Å². The minimum atomic E-state index is -0.369. The summed E-state index contributed by atoms with van der Waals surface area (Å²) in [5, 5.41) is 5.82. The van der Waals surface area contributed by atoms with Crippen LogP contribution in [-0.4, -0.2) is 15.2 Å². The van der Waals surface area contributed by atoms with Gasteiger partial charge in [0.1, 0.15) is 0 Å². The number of hydrogen-bond donors (Lipinski definition) is 1. The lowest BCUT2D eigenvalue weighted by atomic mass is 10.3. The van der Waals surface area contributed by atoms with Crippen molar-refractivity contribution in [2.24, 2.45) is 0 Å². The first-order valence-electron chi connectivity index (χ1n) is 3.23. The van der Waals surface area contributed by atoms with E-state index in [-0.39, 0.29) is 5.69 Å². The van der Waals surface area contributed by atoms with Gasteiger partial charge in [0.05, 0.1) is 11.9 Å². The van der Waals surface area contributed by atoms with Gasteiger partial charge in [0.2, 0.25) is 0 Å². The number of nitrogens with one attached hydrogen (secondary N) is 1. The van der Waals surface area contributed by atoms with Crippen LogP contribution in [0.2, 0.25) is 0 Å². The lowest BCUT2D eigenvalue weighted by Gasteiger charge is -1.91. The van der Waals surface area contributed by atoms with Crippen LogP contribution in [0.3, 0.4) is 0 Å². The smallest absolute Gasteiger partial charge is 0.244 e. The zero-order valence-electron chi connectivity index (χ0n) is 5.79. The van der Waals surface area contributed by atoms with Gasteiger partial charge in [-0.1, -0.05) is 13.3 Å². The molecule has 1 heterocycles. The second kappa shape index (κ2) is 3.10. The summed E-state index contributed by atoms with van der Waals surface area (Å²) in [6, 6.07) is 0. The standard InChI is InChI=1S/C6H9N3O/c1-2-3-5-4-7-9-6(10)8-5/h4H,2-3H2,1H3,(H,8,9,10). The third-order valence-electron chi connectivity index (χ3n) is 1.13. The van der Waals surface area contributed by atoms with Gasteiger partial charge in [-0.25, -0.2) is 9.89 Å². The molecule has 1 N–H and O–H groups in total. The summed E-state index contributed by atoms with van der Waals surface area (Å²) in [6.45, 7) is 2.03. The van der Waals surface area contributed by atoms with E-state index in [1.54, 1.807) is 6.20 Å². The molecule has 0 bridgehead atoms. The van der Waals surface area contributed by atoms with Crippen LogP contribution in [0.4, 0.5) is 0 Å². The van der Waals surface area contributed by atoms with E-state index < -0.39 is 0 Å². The highest BCUT2D eigenvalue weighted by Crippen LogP contribution is 1.90. The molecule has 0 fully saturated rings. The predicted molar refractivity (Wildman–Crippen MR) is 36.6 cm³/mol. The monoisotopic (exact) mass is 139 g/mol. The van der Waals surface area contributed by atoms with Crippen molar-refractivity contribution in [1.82, 2.24) is 15.2 Å². The maximum Gasteiger partial charge on any atom is 0.361 e. The van der Waals surface area contributed by atoms with Crippen LogP contribution in [0, 0.1) is 0 Å². The lowest BCUT2D eigenvalue weighted by Crippen LogP contribution is -2.13. The summed E-state index contributed by atoms with van der Waals surface area (Å²) in [7, 11) is 0. The van der Waals surface area contributed by atoms with E-state index in [1.807, 2.05) is 6.92 Å². The first kappa shape index (κ1) is 6.92. The Bertz CT molecular complexity index is 255. The van der Waals surface area contributed by atoms with Crippen molar-refractivity contribution < 1.29 is 0 Å². The largest absolute Gasteiger partial charge is 0.361 e. The highest BCUT2D eigenvalue weighted by molar-refractivity contribution is 4.90. The van der Waals surface area contributed by atoms with Crippen LogP contribution in [0.25, 0.3) is 0 Å². The molecule has 0 saturated heterocycles. The molecule has 4 heteroatoms. The molecule has 0 radical (unpaired) electrons. The predicted octanol–water partition coefficient (Wildman–Crippen LogP) is 0.117. The Kier molecular flexibility index (Phi) is 2.15. The van der Waals surface area contributed by atoms with Crippen LogP contribution in [-0.2, 0) is 6.42 Å². The third kappa shape index (κ3) is 1.65. The van der Waals surface area contributed by atoms with Gasteiger partial charge in [0.15, 0.2) is 0 Å². The van der Waals surface area contributed by atoms with Crippen molar-refractivity contribution in [2.75, 3.05) is 0 Å². The maximum atomic E-state index is 10.5. The molecular formula is C6H9N3O. The SMILES string of the molecule is CCCc1cn[nH]c(=O)n1. The molecule has 0 saturated carbocycles. The van der Waals surface area contributed by atoms with Gasteiger partial charge in [-0.05, 0) is 6.42 Å². The third-order valence-corrected chi connectivity index (χ3v) is 1.13. The van der Waals surface area contributed by atoms with Crippen LogP contribution in [0.1, 0.15) is 19.0 Å². The molecule has 10 heavy (non-hydrogen) atoms. The fraction of sp³-hybridized carbons (Fsp3) is 0.500. The van der Waals surface area contributed by atoms with Gasteiger partial charge < -0.3 is 0 Å². The molecule has 1 aromatic heterocycles. The fourth-order valence-corrected chi connectivity index (χ4v) is 0.723. The minimum Gasteiger partial charge on any atom is -0.244 e. The van der Waals surface area contributed by atoms with E-state index >= 15 is 0 Å². The number of nitrogens with zero attached hydrogens (tertiary/aromatic N) is 2. The number of hydrogen-bond acceptors (Lipinski definition) is 3. The molecular weight excluding hydrogens is 130 g/mol. The molecule has 4 nitrogen and oxygen atoms in total. The molecule has 0 atom stereocenters. The van der Waals surface area contributed by atoms with E-state index in [0.717, 1.165) is 18.5 Å². The summed E-state index contributed by atoms with van der Waals surface area (Å²) in [6.07, 6.45) is 3.37. The van der Waals surface area contributed by atoms with E-state index in [2.05, 4.69) is 15.2 Å². The van der Waals surface area contributed by atoms with Gasteiger partial charge in [0.25, 0.3) is 0 Å². The molecule has 0 spiro atoms. The number of rotatable bonds is 2. The van der Waals surface area contributed by atoms with Gasteiger partial charge in [-0.3, -0.25) is 0 Å². The summed E-state index contributed by atoms with van der Waals surface area (Å²) in [5.41, 5.74) is 0.386. The number of H-pyrrole nitrogens is 1. The second-order valence-electron chi connectivity index (χ2n) is 2.03. The van der Waals surface area contributed by atoms with Crippen molar-refractivity contribution in [1.29, 1.82) is 0 Å². The van der Waals surface area contributed by atoms with Crippen LogP contribution >= 0.6 is 0 Å². The number of aromatic amines is 1. The minimum absolute atomic E-state index is 0.369. The maximum absolute atomic E-state index is 10.5. The fourth-order valence-electron chi connectivity index (χ4n) is 0.723. The van der Waals surface area contributed by atoms with Crippen molar-refractivity contribution in [3.05, 3.63) is 22.4 Å². The van der Waals surface area contributed by atoms with Gasteiger partial charge in [-0.15, -0.1) is 0 Å². The zero-order valence-corrected chi connectivity index (χ0v) is 5.79. The Hall–Kier alpha value is -1.19. The van der Waals surface area contributed by atoms with Gasteiger partial charge in [-0.2, -0.15) is 10.1 Å². The molecule has 1 rings (SSSR count). The molecule has 54 valence electrons. The highest BCUT2D eigenvalue weighted by Gasteiger charge is 1.91. The quantitative estimate of drug-likeness (QED) is 0.633. The van der Waals surface area contributed by atoms with Crippen LogP contribution in [0.15, 0.2) is 11.0 Å². The van der Waals surface area contributed by atoms with Crippen molar-refractivity contribution >= 4 is 0 Å². The van der Waals surface area contributed by atoms with E-state index in [1.165, 1.54) is 0 Å². The van der Waals surface area contributed by atoms with Gasteiger partial charge >= 0.3 is 5.69 Å². The summed E-state index contributed by atoms with van der Waals surface area (Å²) in [4.78, 5) is 14.2. The van der Waals surface area contributed by atoms with Crippen molar-refractivity contribution in [3.63, 3.8) is 0 Å². The Balaban J connectivity index is 2.85. The van der Waals surface area contributed by atoms with Crippen molar-refractivity contribution in [2.45, 2.75) is 19.8 Å². The molecule has 0 unspecified atom stereocenters. The molecule has 0 aliphatic carbocycles. The Morgan fingerprint density at radius 3 is 3.10 bits per heavy atom. The van der Waals surface area contributed by atoms with Crippen LogP contribution < -0.4 is 5.69 Å². The van der Waals surface area contributed by atoms with Gasteiger partial charge in [0, 0.05) is 0 Å². The summed E-state index contributed by atoms with van der Waals surface area (Å²) in [5.74, 6) is 0. The summed E-state index contributed by atoms with van der Waals surface area (Å²) < 4.78 is 0. The lowest BCUT2D eigenvalue weighted by molar-refractivity contribution is 0.810. The second-order valence-corrected chi connectivity index (χ2v) is 2.03. The first-order valence-corrected chi connectivity index (χ1v) is 3.23. The Morgan fingerprint density at radius 1 is 1.70 bits per heavy atom. The molecule has 0 aromatic carbocycles. The van der Waals surface area contributed by atoms with Crippen LogP contribution in [0.5, 0.6) is 0 Å². The normalized spacial score (nSPS) is 9.70. The molecule has 0 aliphatic rings.